The predicted octanol–water partition coefficient (Wildman–Crippen LogP) is 1.79. The maximum Gasteiger partial charge on any atom is 0.260 e. The van der Waals surface area contributed by atoms with Crippen molar-refractivity contribution in [2.45, 2.75) is 39.3 Å². The number of para-hydroxylation sites is 1. The molecule has 128 valence electrons. The summed E-state index contributed by atoms with van der Waals surface area (Å²) in [5.74, 6) is 1.01. The molecule has 2 rings (SSSR count). The molecule has 2 N–H and O–H groups in total. The van der Waals surface area contributed by atoms with E-state index in [1.807, 2.05) is 43.0 Å². The van der Waals surface area contributed by atoms with Gasteiger partial charge in [-0.25, -0.2) is 0 Å². The van der Waals surface area contributed by atoms with Crippen molar-refractivity contribution in [2.75, 3.05) is 26.2 Å². The van der Waals surface area contributed by atoms with Crippen LogP contribution in [0.4, 0.5) is 0 Å². The van der Waals surface area contributed by atoms with E-state index in [-0.39, 0.29) is 24.5 Å². The molecule has 0 radical (unpaired) electrons. The molecular formula is C18H28N2O3. The van der Waals surface area contributed by atoms with Gasteiger partial charge < -0.3 is 20.1 Å². The van der Waals surface area contributed by atoms with Crippen molar-refractivity contribution >= 4 is 5.91 Å². The van der Waals surface area contributed by atoms with Crippen molar-refractivity contribution in [3.8, 4) is 5.75 Å². The first kappa shape index (κ1) is 17.8. The van der Waals surface area contributed by atoms with Gasteiger partial charge in [-0.1, -0.05) is 32.0 Å². The number of amides is 1. The standard InChI is InChI=1S/C18H28N2O3/c1-14(2)16(21)12-19-11-15-7-3-4-8-17(15)23-13-18(22)20-9-5-6-10-20/h3-4,7-8,14,16,19,21H,5-6,9-13H2,1-2H3. The molecule has 1 aliphatic heterocycles. The molecule has 1 aromatic carbocycles. The van der Waals surface area contributed by atoms with Crippen LogP contribution in [0.25, 0.3) is 0 Å². The number of carbonyl (C=O) groups is 1. The Labute approximate surface area is 138 Å². The Bertz CT molecular complexity index is 499. The summed E-state index contributed by atoms with van der Waals surface area (Å²) < 4.78 is 5.72. The van der Waals surface area contributed by atoms with Crippen molar-refractivity contribution in [3.63, 3.8) is 0 Å². The molecule has 1 heterocycles. The lowest BCUT2D eigenvalue weighted by molar-refractivity contribution is -0.132. The number of likely N-dealkylation sites (tertiary alicyclic amines) is 1. The van der Waals surface area contributed by atoms with Gasteiger partial charge in [0.25, 0.3) is 5.91 Å². The molecule has 0 aromatic heterocycles. The van der Waals surface area contributed by atoms with Crippen LogP contribution in [0.2, 0.25) is 0 Å². The van der Waals surface area contributed by atoms with Gasteiger partial charge in [-0.3, -0.25) is 4.79 Å². The van der Waals surface area contributed by atoms with Crippen molar-refractivity contribution in [2.24, 2.45) is 5.92 Å². The van der Waals surface area contributed by atoms with Crippen LogP contribution in [0.3, 0.4) is 0 Å². The van der Waals surface area contributed by atoms with E-state index in [2.05, 4.69) is 5.32 Å². The minimum atomic E-state index is -0.361. The molecule has 1 atom stereocenters. The second-order valence-corrected chi connectivity index (χ2v) is 6.43. The summed E-state index contributed by atoms with van der Waals surface area (Å²) in [6.45, 7) is 6.92. The number of benzene rings is 1. The smallest absolute Gasteiger partial charge is 0.260 e. The summed E-state index contributed by atoms with van der Waals surface area (Å²) in [5.41, 5.74) is 0.998. The van der Waals surface area contributed by atoms with Crippen LogP contribution in [0.15, 0.2) is 24.3 Å². The van der Waals surface area contributed by atoms with Gasteiger partial charge in [0.2, 0.25) is 0 Å². The molecule has 1 amide bonds. The zero-order chi connectivity index (χ0) is 16.7. The monoisotopic (exact) mass is 320 g/mol. The van der Waals surface area contributed by atoms with Gasteiger partial charge in [-0.15, -0.1) is 0 Å². The van der Waals surface area contributed by atoms with Gasteiger partial charge in [-0.05, 0) is 24.8 Å². The predicted molar refractivity (Wildman–Crippen MR) is 90.3 cm³/mol. The minimum absolute atomic E-state index is 0.0560. The lowest BCUT2D eigenvalue weighted by Crippen LogP contribution is -2.32. The molecule has 1 unspecified atom stereocenters. The van der Waals surface area contributed by atoms with Gasteiger partial charge >= 0.3 is 0 Å². The molecule has 0 aliphatic carbocycles. The van der Waals surface area contributed by atoms with Gasteiger partial charge in [0.05, 0.1) is 6.10 Å². The summed E-state index contributed by atoms with van der Waals surface area (Å²) in [7, 11) is 0. The Hall–Kier alpha value is -1.59. The average Bonchev–Trinajstić information content (AvgIpc) is 3.08. The fraction of sp³-hybridized carbons (Fsp3) is 0.611. The lowest BCUT2D eigenvalue weighted by Gasteiger charge is -2.18. The molecule has 23 heavy (non-hydrogen) atoms. The SMILES string of the molecule is CC(C)C(O)CNCc1ccccc1OCC(=O)N1CCCC1. The average molecular weight is 320 g/mol. The molecule has 0 bridgehead atoms. The highest BCUT2D eigenvalue weighted by atomic mass is 16.5. The maximum absolute atomic E-state index is 12.1. The van der Waals surface area contributed by atoms with E-state index in [1.54, 1.807) is 0 Å². The van der Waals surface area contributed by atoms with Gasteiger partial charge in [0.15, 0.2) is 6.61 Å². The minimum Gasteiger partial charge on any atom is -0.483 e. The number of aliphatic hydroxyl groups is 1. The number of nitrogens with zero attached hydrogens (tertiary/aromatic N) is 1. The van der Waals surface area contributed by atoms with E-state index in [9.17, 15) is 9.90 Å². The number of aliphatic hydroxyl groups excluding tert-OH is 1. The lowest BCUT2D eigenvalue weighted by atomic mass is 10.1. The van der Waals surface area contributed by atoms with Crippen LogP contribution in [0.5, 0.6) is 5.75 Å². The van der Waals surface area contributed by atoms with Crippen LogP contribution in [-0.2, 0) is 11.3 Å². The number of hydrogen-bond acceptors (Lipinski definition) is 4. The van der Waals surface area contributed by atoms with E-state index in [0.717, 1.165) is 37.2 Å². The zero-order valence-electron chi connectivity index (χ0n) is 14.1. The Kier molecular flexibility index (Phi) is 6.86. The fourth-order valence-corrected chi connectivity index (χ4v) is 2.58. The van der Waals surface area contributed by atoms with E-state index in [4.69, 9.17) is 4.74 Å². The van der Waals surface area contributed by atoms with Crippen molar-refractivity contribution in [1.82, 2.24) is 10.2 Å². The quantitative estimate of drug-likeness (QED) is 0.767. The maximum atomic E-state index is 12.1. The van der Waals surface area contributed by atoms with Gasteiger partial charge in [0.1, 0.15) is 5.75 Å². The number of nitrogens with one attached hydrogen (secondary N) is 1. The third-order valence-electron chi connectivity index (χ3n) is 4.22. The van der Waals surface area contributed by atoms with Crippen molar-refractivity contribution in [3.05, 3.63) is 29.8 Å². The fourth-order valence-electron chi connectivity index (χ4n) is 2.58. The van der Waals surface area contributed by atoms with E-state index in [0.29, 0.717) is 13.1 Å². The van der Waals surface area contributed by atoms with E-state index < -0.39 is 0 Å². The Morgan fingerprint density at radius 2 is 2.00 bits per heavy atom. The molecule has 0 spiro atoms. The summed E-state index contributed by atoms with van der Waals surface area (Å²) in [6.07, 6.45) is 1.81. The highest BCUT2D eigenvalue weighted by Gasteiger charge is 2.18. The molecule has 1 saturated heterocycles. The second kappa shape index (κ2) is 8.89. The van der Waals surface area contributed by atoms with Crippen LogP contribution in [0, 0.1) is 5.92 Å². The number of rotatable bonds is 8. The van der Waals surface area contributed by atoms with Crippen LogP contribution < -0.4 is 10.1 Å². The summed E-state index contributed by atoms with van der Waals surface area (Å²) in [4.78, 5) is 13.9. The molecule has 1 aliphatic rings. The van der Waals surface area contributed by atoms with E-state index in [1.165, 1.54) is 0 Å². The molecular weight excluding hydrogens is 292 g/mol. The topological polar surface area (TPSA) is 61.8 Å². The van der Waals surface area contributed by atoms with Crippen LogP contribution >= 0.6 is 0 Å². The second-order valence-electron chi connectivity index (χ2n) is 6.43. The van der Waals surface area contributed by atoms with Crippen LogP contribution in [-0.4, -0.2) is 48.3 Å². The van der Waals surface area contributed by atoms with Crippen molar-refractivity contribution in [1.29, 1.82) is 0 Å². The van der Waals surface area contributed by atoms with Gasteiger partial charge in [-0.2, -0.15) is 0 Å². The van der Waals surface area contributed by atoms with E-state index >= 15 is 0 Å². The Morgan fingerprint density at radius 1 is 1.30 bits per heavy atom. The normalized spacial score (nSPS) is 15.9. The largest absolute Gasteiger partial charge is 0.483 e. The summed E-state index contributed by atoms with van der Waals surface area (Å²) in [5, 5.41) is 13.1. The highest BCUT2D eigenvalue weighted by Crippen LogP contribution is 2.18. The molecule has 1 fully saturated rings. The van der Waals surface area contributed by atoms with Crippen LogP contribution in [0.1, 0.15) is 32.3 Å². The third kappa shape index (κ3) is 5.52. The number of hydrogen-bond donors (Lipinski definition) is 2. The Balaban J connectivity index is 1.83. The van der Waals surface area contributed by atoms with Gasteiger partial charge in [0, 0.05) is 31.7 Å². The summed E-state index contributed by atoms with van der Waals surface area (Å²) in [6, 6.07) is 7.71. The van der Waals surface area contributed by atoms with Crippen molar-refractivity contribution < 1.29 is 14.6 Å². The summed E-state index contributed by atoms with van der Waals surface area (Å²) >= 11 is 0. The third-order valence-corrected chi connectivity index (χ3v) is 4.22. The first-order valence-corrected chi connectivity index (χ1v) is 8.45. The number of ether oxygens (including phenoxy) is 1. The Morgan fingerprint density at radius 3 is 2.70 bits per heavy atom. The highest BCUT2D eigenvalue weighted by molar-refractivity contribution is 5.78. The molecule has 0 saturated carbocycles. The molecule has 5 heteroatoms. The molecule has 5 nitrogen and oxygen atoms in total. The molecule has 1 aromatic rings. The number of carbonyl (C=O) groups excluding carboxylic acids is 1. The first-order chi connectivity index (χ1) is 11.1. The zero-order valence-corrected chi connectivity index (χ0v) is 14.1. The first-order valence-electron chi connectivity index (χ1n) is 8.45.